The van der Waals surface area contributed by atoms with E-state index < -0.39 is 0 Å². The molecule has 3 rings (SSSR count). The Morgan fingerprint density at radius 1 is 1.38 bits per heavy atom. The van der Waals surface area contributed by atoms with Crippen molar-refractivity contribution in [1.29, 1.82) is 0 Å². The van der Waals surface area contributed by atoms with Gasteiger partial charge < -0.3 is 4.74 Å². The normalized spacial score (nSPS) is 16.5. The van der Waals surface area contributed by atoms with Crippen molar-refractivity contribution in [3.8, 4) is 5.75 Å². The third-order valence-corrected chi connectivity index (χ3v) is 4.06. The molecule has 0 bridgehead atoms. The summed E-state index contributed by atoms with van der Waals surface area (Å²) >= 11 is 6.19. The van der Waals surface area contributed by atoms with Gasteiger partial charge in [0.2, 0.25) is 0 Å². The van der Waals surface area contributed by atoms with Crippen molar-refractivity contribution >= 4 is 23.2 Å². The van der Waals surface area contributed by atoms with E-state index in [4.69, 9.17) is 16.3 Å². The Hall–Kier alpha value is -2.34. The number of aromatic nitrogens is 2. The molecule has 1 unspecified atom stereocenters. The highest BCUT2D eigenvalue weighted by atomic mass is 35.5. The lowest BCUT2D eigenvalue weighted by Crippen LogP contribution is -2.43. The summed E-state index contributed by atoms with van der Waals surface area (Å²) in [7, 11) is 0. The van der Waals surface area contributed by atoms with Crippen LogP contribution in [-0.4, -0.2) is 28.3 Å². The molecule has 1 amide bonds. The van der Waals surface area contributed by atoms with E-state index in [1.54, 1.807) is 23.1 Å². The lowest BCUT2D eigenvalue weighted by molar-refractivity contribution is 0.0954. The standard InChI is InChI=1S/C17H18ClN3O3/c1-3-9-21-15(22)8-7-13(19-21)17(23)20-10-11(2)24-16-12(18)5-4-6-14(16)20/h4-8,11H,3,9-10H2,1-2H3. The lowest BCUT2D eigenvalue weighted by Gasteiger charge is -2.33. The van der Waals surface area contributed by atoms with E-state index in [1.807, 2.05) is 13.8 Å². The second-order valence-corrected chi connectivity index (χ2v) is 6.12. The van der Waals surface area contributed by atoms with Gasteiger partial charge in [0.25, 0.3) is 11.5 Å². The number of halogens is 1. The number of rotatable bonds is 3. The first-order chi connectivity index (χ1) is 11.5. The van der Waals surface area contributed by atoms with Gasteiger partial charge in [-0.2, -0.15) is 5.10 Å². The molecule has 7 heteroatoms. The molecule has 0 saturated heterocycles. The van der Waals surface area contributed by atoms with Gasteiger partial charge in [-0.15, -0.1) is 0 Å². The van der Waals surface area contributed by atoms with Crippen LogP contribution >= 0.6 is 11.6 Å². The van der Waals surface area contributed by atoms with E-state index in [0.717, 1.165) is 6.42 Å². The van der Waals surface area contributed by atoms with Gasteiger partial charge in [-0.3, -0.25) is 14.5 Å². The van der Waals surface area contributed by atoms with E-state index in [9.17, 15) is 9.59 Å². The first-order valence-electron chi connectivity index (χ1n) is 7.86. The summed E-state index contributed by atoms with van der Waals surface area (Å²) in [6.45, 7) is 4.69. The van der Waals surface area contributed by atoms with Gasteiger partial charge in [-0.1, -0.05) is 24.6 Å². The van der Waals surface area contributed by atoms with Crippen molar-refractivity contribution in [2.45, 2.75) is 32.9 Å². The van der Waals surface area contributed by atoms with Gasteiger partial charge in [0, 0.05) is 12.6 Å². The third-order valence-electron chi connectivity index (χ3n) is 3.76. The molecule has 2 heterocycles. The largest absolute Gasteiger partial charge is 0.485 e. The Kier molecular flexibility index (Phi) is 4.57. The average Bonchev–Trinajstić information content (AvgIpc) is 2.56. The number of fused-ring (bicyclic) bond motifs is 1. The maximum absolute atomic E-state index is 12.9. The Morgan fingerprint density at radius 2 is 2.17 bits per heavy atom. The molecule has 1 aromatic carbocycles. The summed E-state index contributed by atoms with van der Waals surface area (Å²) in [6.07, 6.45) is 0.570. The Labute approximate surface area is 144 Å². The number of hydrogen-bond acceptors (Lipinski definition) is 4. The van der Waals surface area contributed by atoms with Crippen LogP contribution in [0, 0.1) is 0 Å². The Balaban J connectivity index is 2.01. The van der Waals surface area contributed by atoms with Crippen molar-refractivity contribution in [1.82, 2.24) is 9.78 Å². The molecule has 126 valence electrons. The van der Waals surface area contributed by atoms with Crippen LogP contribution in [0.1, 0.15) is 30.8 Å². The SMILES string of the molecule is CCCn1nc(C(=O)N2CC(C)Oc3c(Cl)cccc32)ccc1=O. The monoisotopic (exact) mass is 347 g/mol. The van der Waals surface area contributed by atoms with Crippen molar-refractivity contribution in [3.63, 3.8) is 0 Å². The van der Waals surface area contributed by atoms with Crippen LogP contribution in [0.2, 0.25) is 5.02 Å². The van der Waals surface area contributed by atoms with E-state index in [0.29, 0.717) is 29.5 Å². The predicted octanol–water partition coefficient (Wildman–Crippen LogP) is 2.73. The molecule has 0 saturated carbocycles. The summed E-state index contributed by atoms with van der Waals surface area (Å²) in [5, 5.41) is 4.66. The zero-order valence-electron chi connectivity index (χ0n) is 13.5. The summed E-state index contributed by atoms with van der Waals surface area (Å²) in [6, 6.07) is 8.11. The van der Waals surface area contributed by atoms with Gasteiger partial charge in [0.05, 0.1) is 17.3 Å². The minimum atomic E-state index is -0.279. The summed E-state index contributed by atoms with van der Waals surface area (Å²) in [5.74, 6) is 0.215. The van der Waals surface area contributed by atoms with Crippen LogP contribution in [0.25, 0.3) is 0 Å². The number of carbonyl (C=O) groups excluding carboxylic acids is 1. The van der Waals surface area contributed by atoms with Crippen molar-refractivity contribution in [3.05, 3.63) is 51.4 Å². The minimum absolute atomic E-state index is 0.192. The average molecular weight is 348 g/mol. The second-order valence-electron chi connectivity index (χ2n) is 5.71. The topological polar surface area (TPSA) is 64.4 Å². The van der Waals surface area contributed by atoms with Crippen molar-refractivity contribution in [2.24, 2.45) is 0 Å². The fourth-order valence-electron chi connectivity index (χ4n) is 2.69. The minimum Gasteiger partial charge on any atom is -0.485 e. The van der Waals surface area contributed by atoms with Crippen LogP contribution < -0.4 is 15.2 Å². The molecule has 0 radical (unpaired) electrons. The quantitative estimate of drug-likeness (QED) is 0.856. The fraction of sp³-hybridized carbons (Fsp3) is 0.353. The molecule has 1 aliphatic rings. The number of nitrogens with zero attached hydrogens (tertiary/aromatic N) is 3. The van der Waals surface area contributed by atoms with Gasteiger partial charge in [0.15, 0.2) is 5.75 Å². The molecule has 1 aromatic heterocycles. The predicted molar refractivity (Wildman–Crippen MR) is 92.0 cm³/mol. The number of aryl methyl sites for hydroxylation is 1. The Morgan fingerprint density at radius 3 is 2.92 bits per heavy atom. The number of anilines is 1. The number of para-hydroxylation sites is 1. The number of ether oxygens (including phenoxy) is 1. The summed E-state index contributed by atoms with van der Waals surface area (Å²) in [4.78, 5) is 26.3. The molecule has 1 atom stereocenters. The van der Waals surface area contributed by atoms with E-state index in [1.165, 1.54) is 16.8 Å². The van der Waals surface area contributed by atoms with E-state index >= 15 is 0 Å². The van der Waals surface area contributed by atoms with Crippen molar-refractivity contribution < 1.29 is 9.53 Å². The molecule has 6 nitrogen and oxygen atoms in total. The van der Waals surface area contributed by atoms with Gasteiger partial charge in [-0.05, 0) is 31.5 Å². The molecule has 0 aliphatic carbocycles. The number of amides is 1. The third kappa shape index (κ3) is 3.01. The number of carbonyl (C=O) groups is 1. The maximum atomic E-state index is 12.9. The second kappa shape index (κ2) is 6.65. The zero-order valence-corrected chi connectivity index (χ0v) is 14.3. The summed E-state index contributed by atoms with van der Waals surface area (Å²) in [5.41, 5.74) is 0.621. The van der Waals surface area contributed by atoms with Gasteiger partial charge in [-0.25, -0.2) is 4.68 Å². The number of benzene rings is 1. The first kappa shape index (κ1) is 16.5. The smallest absolute Gasteiger partial charge is 0.278 e. The molecule has 0 fully saturated rings. The first-order valence-corrected chi connectivity index (χ1v) is 8.24. The fourth-order valence-corrected chi connectivity index (χ4v) is 2.90. The maximum Gasteiger partial charge on any atom is 0.278 e. The molecule has 0 spiro atoms. The summed E-state index contributed by atoms with van der Waals surface area (Å²) < 4.78 is 7.07. The van der Waals surface area contributed by atoms with Gasteiger partial charge in [0.1, 0.15) is 11.8 Å². The highest BCUT2D eigenvalue weighted by Crippen LogP contribution is 2.39. The molecular formula is C17H18ClN3O3. The van der Waals surface area contributed by atoms with Crippen LogP contribution in [-0.2, 0) is 6.54 Å². The van der Waals surface area contributed by atoms with Crippen LogP contribution in [0.5, 0.6) is 5.75 Å². The van der Waals surface area contributed by atoms with Crippen LogP contribution in [0.15, 0.2) is 35.1 Å². The van der Waals surface area contributed by atoms with Gasteiger partial charge >= 0.3 is 0 Å². The van der Waals surface area contributed by atoms with E-state index in [-0.39, 0.29) is 23.3 Å². The highest BCUT2D eigenvalue weighted by Gasteiger charge is 2.30. The molecule has 1 aliphatic heterocycles. The van der Waals surface area contributed by atoms with Crippen molar-refractivity contribution in [2.75, 3.05) is 11.4 Å². The van der Waals surface area contributed by atoms with E-state index in [2.05, 4.69) is 5.10 Å². The highest BCUT2D eigenvalue weighted by molar-refractivity contribution is 6.32. The van der Waals surface area contributed by atoms with Crippen LogP contribution in [0.4, 0.5) is 5.69 Å². The molecule has 0 N–H and O–H groups in total. The molecular weight excluding hydrogens is 330 g/mol. The molecule has 24 heavy (non-hydrogen) atoms. The number of hydrogen-bond donors (Lipinski definition) is 0. The molecule has 2 aromatic rings. The lowest BCUT2D eigenvalue weighted by atomic mass is 10.1. The Bertz CT molecular complexity index is 834. The van der Waals surface area contributed by atoms with Crippen LogP contribution in [0.3, 0.4) is 0 Å². The zero-order chi connectivity index (χ0) is 17.3.